The van der Waals surface area contributed by atoms with Crippen molar-refractivity contribution in [1.29, 1.82) is 0 Å². The number of amides is 2. The number of aromatic nitrogens is 2. The minimum atomic E-state index is -4.89. The number of halogens is 4. The maximum Gasteiger partial charge on any atom is 0.573 e. The number of ether oxygens (including phenoxy) is 4. The largest absolute Gasteiger partial charge is 0.573 e. The van der Waals surface area contributed by atoms with Crippen molar-refractivity contribution >= 4 is 29.2 Å². The normalized spacial score (nSPS) is 17.6. The first-order valence-corrected chi connectivity index (χ1v) is 14.1. The number of hydrogen-bond donors (Lipinski definition) is 0. The number of benzene rings is 2. The van der Waals surface area contributed by atoms with Crippen molar-refractivity contribution in [2.45, 2.75) is 44.9 Å². The van der Waals surface area contributed by atoms with Crippen LogP contribution in [0.3, 0.4) is 0 Å². The SMILES string of the molecule is CN1CC(=O)N(CCCOC2CCCCO2)C(=O)c2c1nc(Oc1cccc(OC(F)(F)F)c1)n2Cc1ccc(Cl)cc1. The van der Waals surface area contributed by atoms with Crippen molar-refractivity contribution in [3.05, 3.63) is 64.8 Å². The van der Waals surface area contributed by atoms with Crippen LogP contribution in [0.25, 0.3) is 0 Å². The van der Waals surface area contributed by atoms with E-state index in [1.807, 2.05) is 0 Å². The van der Waals surface area contributed by atoms with Crippen LogP contribution in [0.5, 0.6) is 17.5 Å². The van der Waals surface area contributed by atoms with E-state index in [2.05, 4.69) is 9.72 Å². The molecule has 3 heterocycles. The Morgan fingerprint density at radius 1 is 1.09 bits per heavy atom. The lowest BCUT2D eigenvalue weighted by Gasteiger charge is -2.24. The number of nitrogens with zero attached hydrogens (tertiary/aromatic N) is 4. The van der Waals surface area contributed by atoms with E-state index in [1.165, 1.54) is 21.6 Å². The first kappa shape index (κ1) is 30.6. The second-order valence-corrected chi connectivity index (χ2v) is 10.6. The van der Waals surface area contributed by atoms with Gasteiger partial charge < -0.3 is 23.8 Å². The lowest BCUT2D eigenvalue weighted by Crippen LogP contribution is -2.41. The monoisotopic (exact) mass is 622 g/mol. The molecule has 0 aliphatic carbocycles. The van der Waals surface area contributed by atoms with Gasteiger partial charge in [0, 0.05) is 31.3 Å². The third kappa shape index (κ3) is 7.78. The Balaban J connectivity index is 1.44. The van der Waals surface area contributed by atoms with Crippen molar-refractivity contribution < 1.29 is 41.7 Å². The molecule has 0 N–H and O–H groups in total. The average Bonchev–Trinajstić information content (AvgIpc) is 3.27. The summed E-state index contributed by atoms with van der Waals surface area (Å²) < 4.78 is 61.2. The molecule has 0 bridgehead atoms. The third-order valence-electron chi connectivity index (χ3n) is 6.87. The number of imide groups is 1. The number of rotatable bonds is 10. The number of carbonyl (C=O) groups excluding carboxylic acids is 2. The molecule has 10 nitrogen and oxygen atoms in total. The summed E-state index contributed by atoms with van der Waals surface area (Å²) in [7, 11) is 1.62. The van der Waals surface area contributed by atoms with Gasteiger partial charge in [-0.05, 0) is 55.5 Å². The molecule has 5 rings (SSSR count). The van der Waals surface area contributed by atoms with E-state index in [-0.39, 0.29) is 49.2 Å². The fourth-order valence-electron chi connectivity index (χ4n) is 4.85. The number of likely N-dealkylation sites (N-methyl/N-ethyl adjacent to an activating group) is 1. The molecule has 2 aliphatic rings. The van der Waals surface area contributed by atoms with Gasteiger partial charge in [0.25, 0.3) is 5.91 Å². The molecule has 1 aromatic heterocycles. The minimum absolute atomic E-state index is 0.00406. The average molecular weight is 623 g/mol. The summed E-state index contributed by atoms with van der Waals surface area (Å²) in [6.07, 6.45) is -1.96. The Hall–Kier alpha value is -3.81. The first-order valence-electron chi connectivity index (χ1n) is 13.7. The van der Waals surface area contributed by atoms with Gasteiger partial charge in [-0.2, -0.15) is 4.98 Å². The van der Waals surface area contributed by atoms with Crippen LogP contribution in [-0.4, -0.2) is 72.3 Å². The van der Waals surface area contributed by atoms with Crippen molar-refractivity contribution in [1.82, 2.24) is 14.5 Å². The maximum absolute atomic E-state index is 14.0. The Kier molecular flexibility index (Phi) is 9.43. The fourth-order valence-corrected chi connectivity index (χ4v) is 4.97. The Bertz CT molecular complexity index is 1440. The van der Waals surface area contributed by atoms with Gasteiger partial charge in [0.1, 0.15) is 11.5 Å². The molecule has 43 heavy (non-hydrogen) atoms. The molecule has 3 aromatic rings. The van der Waals surface area contributed by atoms with Crippen LogP contribution in [0, 0.1) is 0 Å². The van der Waals surface area contributed by atoms with Crippen molar-refractivity contribution in [2.75, 3.05) is 38.3 Å². The second-order valence-electron chi connectivity index (χ2n) is 10.1. The molecule has 2 aliphatic heterocycles. The smallest absolute Gasteiger partial charge is 0.425 e. The lowest BCUT2D eigenvalue weighted by molar-refractivity contribution is -0.274. The molecule has 2 aromatic carbocycles. The quantitative estimate of drug-likeness (QED) is 0.212. The third-order valence-corrected chi connectivity index (χ3v) is 7.12. The van der Waals surface area contributed by atoms with Gasteiger partial charge in [-0.1, -0.05) is 29.8 Å². The maximum atomic E-state index is 14.0. The van der Waals surface area contributed by atoms with Gasteiger partial charge in [0.15, 0.2) is 17.8 Å². The van der Waals surface area contributed by atoms with Gasteiger partial charge in [-0.15, -0.1) is 13.2 Å². The predicted molar refractivity (Wildman–Crippen MR) is 149 cm³/mol. The topological polar surface area (TPSA) is 95.4 Å². The Morgan fingerprint density at radius 2 is 1.86 bits per heavy atom. The predicted octanol–water partition coefficient (Wildman–Crippen LogP) is 5.63. The summed E-state index contributed by atoms with van der Waals surface area (Å²) in [6.45, 7) is 1.02. The van der Waals surface area contributed by atoms with E-state index < -0.39 is 23.9 Å². The highest BCUT2D eigenvalue weighted by molar-refractivity contribution is 6.30. The van der Waals surface area contributed by atoms with Crippen LogP contribution < -0.4 is 14.4 Å². The number of alkyl halides is 3. The van der Waals surface area contributed by atoms with Gasteiger partial charge in [-0.25, -0.2) is 0 Å². The minimum Gasteiger partial charge on any atom is -0.425 e. The standard InChI is InChI=1S/C29H30ClF3N4O6/c1-35-18-23(38)36(13-5-15-41-24-8-2-3-14-40-24)27(39)25-26(35)34-28(37(25)17-19-9-11-20(30)12-10-19)42-21-6-4-7-22(16-21)43-29(31,32)33/h4,6-7,9-12,16,24H,2-3,5,8,13-15,17-18H2,1H3. The Labute approximate surface area is 250 Å². The van der Waals surface area contributed by atoms with Crippen molar-refractivity contribution in [3.63, 3.8) is 0 Å². The van der Waals surface area contributed by atoms with Crippen LogP contribution >= 0.6 is 11.6 Å². The summed E-state index contributed by atoms with van der Waals surface area (Å²) in [4.78, 5) is 34.3. The van der Waals surface area contributed by atoms with Crippen molar-refractivity contribution in [3.8, 4) is 17.5 Å². The first-order chi connectivity index (χ1) is 20.6. The molecule has 1 unspecified atom stereocenters. The molecule has 0 radical (unpaired) electrons. The van der Waals surface area contributed by atoms with Crippen LogP contribution in [0.1, 0.15) is 41.7 Å². The Morgan fingerprint density at radius 3 is 2.58 bits per heavy atom. The zero-order chi connectivity index (χ0) is 30.6. The van der Waals surface area contributed by atoms with Gasteiger partial charge in [-0.3, -0.25) is 19.1 Å². The summed E-state index contributed by atoms with van der Waals surface area (Å²) in [5, 5.41) is 0.514. The molecule has 0 spiro atoms. The zero-order valence-electron chi connectivity index (χ0n) is 23.3. The van der Waals surface area contributed by atoms with Gasteiger partial charge >= 0.3 is 12.4 Å². The van der Waals surface area contributed by atoms with Gasteiger partial charge in [0.05, 0.1) is 19.7 Å². The fraction of sp³-hybridized carbons (Fsp3) is 0.414. The molecule has 230 valence electrons. The van der Waals surface area contributed by atoms with Crippen LogP contribution in [0.4, 0.5) is 19.0 Å². The summed E-state index contributed by atoms with van der Waals surface area (Å²) in [5.41, 5.74) is 0.833. The summed E-state index contributed by atoms with van der Waals surface area (Å²) >= 11 is 6.06. The second kappa shape index (κ2) is 13.2. The molecular formula is C29H30ClF3N4O6. The molecule has 0 saturated carbocycles. The molecule has 1 fully saturated rings. The van der Waals surface area contributed by atoms with E-state index in [0.717, 1.165) is 41.9 Å². The summed E-state index contributed by atoms with van der Waals surface area (Å²) in [6, 6.07) is 11.8. The van der Waals surface area contributed by atoms with E-state index >= 15 is 0 Å². The summed E-state index contributed by atoms with van der Waals surface area (Å²) in [5.74, 6) is -1.27. The van der Waals surface area contributed by atoms with Crippen LogP contribution in [0.2, 0.25) is 5.02 Å². The molecular weight excluding hydrogens is 593 g/mol. The number of fused-ring (bicyclic) bond motifs is 1. The van der Waals surface area contributed by atoms with E-state index in [9.17, 15) is 22.8 Å². The lowest BCUT2D eigenvalue weighted by atomic mass is 10.2. The highest BCUT2D eigenvalue weighted by atomic mass is 35.5. The highest BCUT2D eigenvalue weighted by Crippen LogP contribution is 2.34. The van der Waals surface area contributed by atoms with E-state index in [1.54, 1.807) is 31.3 Å². The number of imidazole rings is 1. The molecule has 1 saturated heterocycles. The molecule has 2 amide bonds. The zero-order valence-corrected chi connectivity index (χ0v) is 24.1. The highest BCUT2D eigenvalue weighted by Gasteiger charge is 2.37. The van der Waals surface area contributed by atoms with Crippen molar-refractivity contribution in [2.24, 2.45) is 0 Å². The van der Waals surface area contributed by atoms with E-state index in [4.69, 9.17) is 25.8 Å². The number of anilines is 1. The van der Waals surface area contributed by atoms with E-state index in [0.29, 0.717) is 24.7 Å². The number of carbonyl (C=O) groups is 2. The van der Waals surface area contributed by atoms with Crippen LogP contribution in [0.15, 0.2) is 48.5 Å². The molecule has 1 atom stereocenters. The van der Waals surface area contributed by atoms with Gasteiger partial charge in [0.2, 0.25) is 5.91 Å². The van der Waals surface area contributed by atoms with Crippen LogP contribution in [-0.2, 0) is 20.8 Å². The number of hydrogen-bond acceptors (Lipinski definition) is 8. The molecule has 14 heteroatoms.